The predicted octanol–water partition coefficient (Wildman–Crippen LogP) is 3.97. The molecule has 1 saturated heterocycles. The average molecular weight is 445 g/mol. The molecule has 1 amide bonds. The molecule has 1 fully saturated rings. The van der Waals surface area contributed by atoms with Crippen molar-refractivity contribution < 1.29 is 23.8 Å². The minimum atomic E-state index is -1.10. The molecule has 1 aromatic carbocycles. The second kappa shape index (κ2) is 7.58. The fourth-order valence-electron chi connectivity index (χ4n) is 3.12. The second-order valence-electron chi connectivity index (χ2n) is 6.25. The van der Waals surface area contributed by atoms with Gasteiger partial charge in [-0.25, -0.2) is 9.59 Å². The summed E-state index contributed by atoms with van der Waals surface area (Å²) in [6, 6.07) is 3.48. The van der Waals surface area contributed by atoms with Crippen LogP contribution < -0.4 is 5.32 Å². The highest BCUT2D eigenvalue weighted by atomic mass is 79.9. The number of halogens is 2. The van der Waals surface area contributed by atoms with E-state index in [1.54, 1.807) is 19.1 Å². The first-order chi connectivity index (χ1) is 12.4. The lowest BCUT2D eigenvalue weighted by atomic mass is 9.91. The maximum Gasteiger partial charge on any atom is 0.412 e. The Morgan fingerprint density at radius 2 is 2.23 bits per heavy atom. The molecule has 1 spiro atoms. The van der Waals surface area contributed by atoms with E-state index in [1.807, 2.05) is 6.92 Å². The maximum absolute atomic E-state index is 12.7. The zero-order valence-electron chi connectivity index (χ0n) is 14.5. The predicted molar refractivity (Wildman–Crippen MR) is 99.8 cm³/mol. The van der Waals surface area contributed by atoms with Crippen molar-refractivity contribution in [1.29, 1.82) is 0 Å². The van der Waals surface area contributed by atoms with Gasteiger partial charge in [-0.15, -0.1) is 0 Å². The largest absolute Gasteiger partial charge is 0.445 e. The van der Waals surface area contributed by atoms with Gasteiger partial charge in [0, 0.05) is 28.2 Å². The van der Waals surface area contributed by atoms with E-state index < -0.39 is 17.7 Å². The normalized spacial score (nSPS) is 22.5. The highest BCUT2D eigenvalue weighted by molar-refractivity contribution is 9.10. The second-order valence-corrected chi connectivity index (χ2v) is 7.51. The minimum Gasteiger partial charge on any atom is -0.445 e. The summed E-state index contributed by atoms with van der Waals surface area (Å²) in [5.41, 5.74) is 0.435. The van der Waals surface area contributed by atoms with Crippen molar-refractivity contribution in [2.45, 2.75) is 32.3 Å². The first-order valence-corrected chi connectivity index (χ1v) is 9.52. The van der Waals surface area contributed by atoms with Gasteiger partial charge in [0.25, 0.3) is 0 Å². The summed E-state index contributed by atoms with van der Waals surface area (Å²) in [4.78, 5) is 24.8. The summed E-state index contributed by atoms with van der Waals surface area (Å²) in [6.07, 6.45) is 0.563. The van der Waals surface area contributed by atoms with Gasteiger partial charge >= 0.3 is 12.1 Å². The number of hydrogen-bond acceptors (Lipinski definition) is 5. The van der Waals surface area contributed by atoms with E-state index in [2.05, 4.69) is 21.2 Å². The molecule has 0 bridgehead atoms. The van der Waals surface area contributed by atoms with Gasteiger partial charge in [-0.2, -0.15) is 0 Å². The van der Waals surface area contributed by atoms with E-state index in [0.717, 1.165) is 10.0 Å². The SMILES string of the molecule is CCNC(=O)OC1=C(c2cc(C)c(Br)cc2Cl)C(=O)OC12CCCOC2. The molecule has 26 heavy (non-hydrogen) atoms. The van der Waals surface area contributed by atoms with Crippen LogP contribution in [0.3, 0.4) is 0 Å². The van der Waals surface area contributed by atoms with Gasteiger partial charge in [0.05, 0.1) is 6.61 Å². The number of ether oxygens (including phenoxy) is 3. The molecule has 1 atom stereocenters. The number of amides is 1. The number of rotatable bonds is 3. The molecule has 1 aromatic rings. The zero-order valence-corrected chi connectivity index (χ0v) is 16.8. The molecule has 8 heteroatoms. The number of nitrogens with one attached hydrogen (secondary N) is 1. The summed E-state index contributed by atoms with van der Waals surface area (Å²) < 4.78 is 17.5. The van der Waals surface area contributed by atoms with Crippen LogP contribution in [-0.2, 0) is 19.0 Å². The number of benzene rings is 1. The molecule has 2 aliphatic heterocycles. The van der Waals surface area contributed by atoms with Crippen LogP contribution in [0.15, 0.2) is 22.4 Å². The van der Waals surface area contributed by atoms with Crippen molar-refractivity contribution in [2.24, 2.45) is 0 Å². The Bertz CT molecular complexity index is 786. The zero-order chi connectivity index (χ0) is 18.9. The smallest absolute Gasteiger partial charge is 0.412 e. The van der Waals surface area contributed by atoms with E-state index in [4.69, 9.17) is 25.8 Å². The van der Waals surface area contributed by atoms with E-state index >= 15 is 0 Å². The molecule has 3 rings (SSSR count). The van der Waals surface area contributed by atoms with E-state index in [1.165, 1.54) is 0 Å². The van der Waals surface area contributed by atoms with E-state index in [-0.39, 0.29) is 17.9 Å². The Morgan fingerprint density at radius 1 is 1.46 bits per heavy atom. The van der Waals surface area contributed by atoms with Gasteiger partial charge in [-0.3, -0.25) is 0 Å². The summed E-state index contributed by atoms with van der Waals surface area (Å²) in [5, 5.41) is 2.93. The Kier molecular flexibility index (Phi) is 5.60. The number of esters is 1. The number of alkyl carbamates (subject to hydrolysis) is 1. The van der Waals surface area contributed by atoms with Gasteiger partial charge < -0.3 is 19.5 Å². The Labute approximate surface area is 164 Å². The molecule has 2 aliphatic rings. The van der Waals surface area contributed by atoms with Gasteiger partial charge in [0.2, 0.25) is 0 Å². The molecule has 6 nitrogen and oxygen atoms in total. The van der Waals surface area contributed by atoms with Crippen molar-refractivity contribution >= 4 is 45.2 Å². The van der Waals surface area contributed by atoms with Crippen LogP contribution in [0.1, 0.15) is 30.9 Å². The lowest BCUT2D eigenvalue weighted by Gasteiger charge is -2.33. The molecule has 1 N–H and O–H groups in total. The van der Waals surface area contributed by atoms with Crippen LogP contribution in [0.4, 0.5) is 4.79 Å². The first-order valence-electron chi connectivity index (χ1n) is 8.35. The van der Waals surface area contributed by atoms with Crippen molar-refractivity contribution in [3.63, 3.8) is 0 Å². The molecule has 0 saturated carbocycles. The average Bonchev–Trinajstić information content (AvgIpc) is 2.83. The molecule has 2 heterocycles. The van der Waals surface area contributed by atoms with Crippen molar-refractivity contribution in [3.05, 3.63) is 38.5 Å². The van der Waals surface area contributed by atoms with E-state index in [0.29, 0.717) is 36.6 Å². The minimum absolute atomic E-state index is 0.143. The van der Waals surface area contributed by atoms with Gasteiger partial charge in [-0.1, -0.05) is 27.5 Å². The van der Waals surface area contributed by atoms with Crippen LogP contribution in [0.2, 0.25) is 5.02 Å². The standard InChI is InChI=1S/C18H19BrClNO5/c1-3-21-17(23)25-15-14(11-7-10(2)12(19)8-13(11)20)16(22)26-18(15)5-4-6-24-9-18/h7-8H,3-6,9H2,1-2H3,(H,21,23). The van der Waals surface area contributed by atoms with E-state index in [9.17, 15) is 9.59 Å². The summed E-state index contributed by atoms with van der Waals surface area (Å²) in [7, 11) is 0. The van der Waals surface area contributed by atoms with Gasteiger partial charge in [0.15, 0.2) is 11.4 Å². The number of carbonyl (C=O) groups is 2. The van der Waals surface area contributed by atoms with Crippen LogP contribution in [0.5, 0.6) is 0 Å². The van der Waals surface area contributed by atoms with Crippen LogP contribution >= 0.6 is 27.5 Å². The quantitative estimate of drug-likeness (QED) is 0.714. The monoisotopic (exact) mass is 443 g/mol. The van der Waals surface area contributed by atoms with Crippen molar-refractivity contribution in [2.75, 3.05) is 19.8 Å². The number of aryl methyl sites for hydroxylation is 1. The third-order valence-corrected chi connectivity index (χ3v) is 5.54. The summed E-state index contributed by atoms with van der Waals surface area (Å²) in [6.45, 7) is 4.78. The third-order valence-electron chi connectivity index (χ3n) is 4.37. The lowest BCUT2D eigenvalue weighted by molar-refractivity contribution is -0.158. The maximum atomic E-state index is 12.7. The van der Waals surface area contributed by atoms with Crippen LogP contribution in [-0.4, -0.2) is 37.4 Å². The first kappa shape index (κ1) is 19.2. The molecule has 0 radical (unpaired) electrons. The third kappa shape index (κ3) is 3.48. The van der Waals surface area contributed by atoms with Crippen LogP contribution in [0.25, 0.3) is 5.57 Å². The van der Waals surface area contributed by atoms with Gasteiger partial charge in [-0.05, 0) is 44.4 Å². The molecule has 1 unspecified atom stereocenters. The molecule has 0 aliphatic carbocycles. The molecule has 0 aromatic heterocycles. The number of carbonyl (C=O) groups excluding carboxylic acids is 2. The lowest BCUT2D eigenvalue weighted by Crippen LogP contribution is -2.43. The number of hydrogen-bond donors (Lipinski definition) is 1. The Balaban J connectivity index is 2.15. The Morgan fingerprint density at radius 3 is 2.88 bits per heavy atom. The molecule has 140 valence electrons. The fraction of sp³-hybridized carbons (Fsp3) is 0.444. The van der Waals surface area contributed by atoms with Crippen molar-refractivity contribution in [3.8, 4) is 0 Å². The topological polar surface area (TPSA) is 73.9 Å². The fourth-order valence-corrected chi connectivity index (χ4v) is 3.86. The highest BCUT2D eigenvalue weighted by Crippen LogP contribution is 2.45. The highest BCUT2D eigenvalue weighted by Gasteiger charge is 2.52. The summed E-state index contributed by atoms with van der Waals surface area (Å²) >= 11 is 9.80. The summed E-state index contributed by atoms with van der Waals surface area (Å²) in [5.74, 6) is -0.407. The Hall–Kier alpha value is -1.57. The van der Waals surface area contributed by atoms with Crippen molar-refractivity contribution in [1.82, 2.24) is 5.32 Å². The molecular formula is C18H19BrClNO5. The van der Waals surface area contributed by atoms with Crippen LogP contribution in [0, 0.1) is 6.92 Å². The van der Waals surface area contributed by atoms with Gasteiger partial charge in [0.1, 0.15) is 5.57 Å². The molecular weight excluding hydrogens is 426 g/mol.